The topological polar surface area (TPSA) is 143 Å². The number of thioether (sulfide) groups is 1. The molecule has 12 heteroatoms. The summed E-state index contributed by atoms with van der Waals surface area (Å²) in [6.45, 7) is 2.68. The van der Waals surface area contributed by atoms with Crippen LogP contribution in [-0.4, -0.2) is 78.7 Å². The van der Waals surface area contributed by atoms with Crippen LogP contribution in [0, 0.1) is 0 Å². The molecule has 5 rings (SSSR count). The number of nitrogen functional groups attached to an aromatic ring is 1. The number of anilines is 1. The zero-order valence-corrected chi connectivity index (χ0v) is 20.8. The van der Waals surface area contributed by atoms with Crippen molar-refractivity contribution in [1.82, 2.24) is 30.2 Å². The summed E-state index contributed by atoms with van der Waals surface area (Å²) >= 11 is 7.79. The molecular formula is C23H30ClN7O3S. The van der Waals surface area contributed by atoms with Crippen molar-refractivity contribution in [3.05, 3.63) is 47.0 Å². The lowest BCUT2D eigenvalue weighted by Gasteiger charge is -2.26. The highest BCUT2D eigenvalue weighted by Gasteiger charge is 2.44. The van der Waals surface area contributed by atoms with Crippen molar-refractivity contribution >= 4 is 40.3 Å². The molecule has 0 saturated carbocycles. The molecule has 10 nitrogen and oxygen atoms in total. The second kappa shape index (κ2) is 11.0. The molecule has 0 spiro atoms. The molecule has 0 amide bonds. The first-order valence-electron chi connectivity index (χ1n) is 11.7. The smallest absolute Gasteiger partial charge is 0.167 e. The van der Waals surface area contributed by atoms with Gasteiger partial charge >= 0.3 is 0 Å². The fourth-order valence-corrected chi connectivity index (χ4v) is 5.84. The van der Waals surface area contributed by atoms with Crippen molar-refractivity contribution in [2.45, 2.75) is 50.0 Å². The Morgan fingerprint density at radius 1 is 1.23 bits per heavy atom. The van der Waals surface area contributed by atoms with Gasteiger partial charge in [0.2, 0.25) is 0 Å². The molecule has 1 saturated heterocycles. The molecule has 1 fully saturated rings. The maximum Gasteiger partial charge on any atom is 0.167 e. The van der Waals surface area contributed by atoms with Gasteiger partial charge in [-0.15, -0.1) is 0 Å². The second-order valence-electron chi connectivity index (χ2n) is 8.96. The van der Waals surface area contributed by atoms with Crippen LogP contribution in [0.25, 0.3) is 11.2 Å². The SMILES string of the molecule is Nc1ncnc2c1ncn2[C@@H]1O[C@H](CSCCCNCC2Cc3ccc(Cl)cc3CN2)[C@@H](O)[C@H]1O. The number of nitrogens with one attached hydrogen (secondary N) is 2. The van der Waals surface area contributed by atoms with Crippen molar-refractivity contribution in [3.63, 3.8) is 0 Å². The number of rotatable bonds is 9. The van der Waals surface area contributed by atoms with E-state index < -0.39 is 24.5 Å². The van der Waals surface area contributed by atoms with Gasteiger partial charge in [0.05, 0.1) is 12.4 Å². The number of imidazole rings is 1. The predicted molar refractivity (Wildman–Crippen MR) is 136 cm³/mol. The molecule has 4 heterocycles. The Hall–Kier alpha value is -1.99. The van der Waals surface area contributed by atoms with Gasteiger partial charge in [-0.2, -0.15) is 11.8 Å². The normalized spacial score (nSPS) is 26.3. The monoisotopic (exact) mass is 519 g/mol. The summed E-state index contributed by atoms with van der Waals surface area (Å²) in [4.78, 5) is 12.3. The van der Waals surface area contributed by atoms with Gasteiger partial charge in [-0.1, -0.05) is 17.7 Å². The van der Waals surface area contributed by atoms with Crippen molar-refractivity contribution in [2.24, 2.45) is 0 Å². The molecule has 3 aromatic rings. The van der Waals surface area contributed by atoms with Crippen LogP contribution in [0.5, 0.6) is 0 Å². The Morgan fingerprint density at radius 2 is 2.11 bits per heavy atom. The first-order valence-corrected chi connectivity index (χ1v) is 13.3. The molecule has 0 aliphatic carbocycles. The number of ether oxygens (including phenoxy) is 1. The number of nitrogens with zero attached hydrogens (tertiary/aromatic N) is 4. The standard InChI is InChI=1S/C23H30ClN7O3S/c24-15-3-2-13-7-16(27-8-14(13)6-15)9-26-4-1-5-35-10-17-19(32)20(33)23(34-17)31-12-30-18-21(25)28-11-29-22(18)31/h2-3,6,11-12,16-17,19-20,23,26-27,32-33H,1,4-5,7-10H2,(H2,25,28,29)/t16?,17-,19-,20-,23-/m1/s1. The molecule has 0 bridgehead atoms. The van der Waals surface area contributed by atoms with Gasteiger partial charge in [0, 0.05) is 29.9 Å². The number of aliphatic hydroxyl groups excluding tert-OH is 2. The van der Waals surface area contributed by atoms with Gasteiger partial charge in [-0.25, -0.2) is 15.0 Å². The van der Waals surface area contributed by atoms with Gasteiger partial charge in [0.15, 0.2) is 17.7 Å². The Morgan fingerprint density at radius 3 is 3.00 bits per heavy atom. The summed E-state index contributed by atoms with van der Waals surface area (Å²) in [7, 11) is 0. The summed E-state index contributed by atoms with van der Waals surface area (Å²) < 4.78 is 7.59. The molecule has 0 radical (unpaired) electrons. The summed E-state index contributed by atoms with van der Waals surface area (Å²) in [6, 6.07) is 6.54. The number of hydrogen-bond donors (Lipinski definition) is 5. The molecular weight excluding hydrogens is 490 g/mol. The highest BCUT2D eigenvalue weighted by molar-refractivity contribution is 7.99. The fourth-order valence-electron chi connectivity index (χ4n) is 4.62. The number of nitrogens with two attached hydrogens (primary N) is 1. The maximum atomic E-state index is 10.6. The quantitative estimate of drug-likeness (QED) is 0.261. The Kier molecular flexibility index (Phi) is 7.73. The lowest BCUT2D eigenvalue weighted by molar-refractivity contribution is -0.0289. The first kappa shape index (κ1) is 24.7. The number of fused-ring (bicyclic) bond motifs is 2. The van der Waals surface area contributed by atoms with Crippen molar-refractivity contribution in [2.75, 3.05) is 30.3 Å². The number of aliphatic hydroxyl groups is 2. The van der Waals surface area contributed by atoms with E-state index in [4.69, 9.17) is 22.1 Å². The van der Waals surface area contributed by atoms with Crippen molar-refractivity contribution in [3.8, 4) is 0 Å². The van der Waals surface area contributed by atoms with E-state index in [1.807, 2.05) is 12.1 Å². The maximum absolute atomic E-state index is 10.6. The van der Waals surface area contributed by atoms with Crippen LogP contribution in [-0.2, 0) is 17.7 Å². The van der Waals surface area contributed by atoms with Crippen molar-refractivity contribution in [1.29, 1.82) is 0 Å². The first-order chi connectivity index (χ1) is 17.0. The summed E-state index contributed by atoms with van der Waals surface area (Å²) in [5, 5.41) is 29.0. The van der Waals surface area contributed by atoms with Gasteiger partial charge < -0.3 is 31.3 Å². The lowest BCUT2D eigenvalue weighted by Crippen LogP contribution is -2.43. The molecule has 2 aliphatic rings. The van der Waals surface area contributed by atoms with E-state index in [1.165, 1.54) is 23.8 Å². The lowest BCUT2D eigenvalue weighted by atomic mass is 9.96. The third kappa shape index (κ3) is 5.41. The Balaban J connectivity index is 1.02. The fraction of sp³-hybridized carbons (Fsp3) is 0.522. The Bertz CT molecular complexity index is 1170. The van der Waals surface area contributed by atoms with Gasteiger partial charge in [0.25, 0.3) is 0 Å². The average Bonchev–Trinajstić information content (AvgIpc) is 3.40. The van der Waals surface area contributed by atoms with Crippen LogP contribution in [0.2, 0.25) is 5.02 Å². The summed E-state index contributed by atoms with van der Waals surface area (Å²) in [5.74, 6) is 1.77. The van der Waals surface area contributed by atoms with Crippen LogP contribution >= 0.6 is 23.4 Å². The van der Waals surface area contributed by atoms with Crippen LogP contribution in [0.15, 0.2) is 30.9 Å². The molecule has 6 N–H and O–H groups in total. The molecule has 5 atom stereocenters. The van der Waals surface area contributed by atoms with Gasteiger partial charge in [-0.05, 0) is 48.4 Å². The van der Waals surface area contributed by atoms with Crippen LogP contribution < -0.4 is 16.4 Å². The third-order valence-corrected chi connectivity index (χ3v) is 7.91. The predicted octanol–water partition coefficient (Wildman–Crippen LogP) is 1.11. The second-order valence-corrected chi connectivity index (χ2v) is 10.5. The average molecular weight is 520 g/mol. The number of benzene rings is 1. The Labute approximate surface area is 212 Å². The highest BCUT2D eigenvalue weighted by atomic mass is 35.5. The van der Waals surface area contributed by atoms with Crippen LogP contribution in [0.3, 0.4) is 0 Å². The van der Waals surface area contributed by atoms with Crippen LogP contribution in [0.4, 0.5) is 5.82 Å². The minimum absolute atomic E-state index is 0.261. The van der Waals surface area contributed by atoms with Crippen molar-refractivity contribution < 1.29 is 14.9 Å². The van der Waals surface area contributed by atoms with E-state index in [2.05, 4.69) is 31.7 Å². The van der Waals surface area contributed by atoms with Gasteiger partial charge in [-0.3, -0.25) is 4.57 Å². The third-order valence-electron chi connectivity index (χ3n) is 6.53. The van der Waals surface area contributed by atoms with Crippen LogP contribution in [0.1, 0.15) is 23.8 Å². The molecule has 1 unspecified atom stereocenters. The largest absolute Gasteiger partial charge is 0.387 e. The summed E-state index contributed by atoms with van der Waals surface area (Å²) in [6.07, 6.45) is 1.52. The molecule has 35 heavy (non-hydrogen) atoms. The van der Waals surface area contributed by atoms with E-state index in [0.29, 0.717) is 23.0 Å². The minimum atomic E-state index is -1.08. The molecule has 188 valence electrons. The number of hydrogen-bond acceptors (Lipinski definition) is 10. The highest BCUT2D eigenvalue weighted by Crippen LogP contribution is 2.33. The zero-order chi connectivity index (χ0) is 24.4. The van der Waals surface area contributed by atoms with E-state index in [9.17, 15) is 10.2 Å². The zero-order valence-electron chi connectivity index (χ0n) is 19.2. The van der Waals surface area contributed by atoms with E-state index in [0.717, 1.165) is 43.3 Å². The summed E-state index contributed by atoms with van der Waals surface area (Å²) in [5.41, 5.74) is 9.40. The number of halogens is 1. The minimum Gasteiger partial charge on any atom is -0.387 e. The van der Waals surface area contributed by atoms with E-state index in [1.54, 1.807) is 16.3 Å². The van der Waals surface area contributed by atoms with E-state index >= 15 is 0 Å². The molecule has 1 aromatic carbocycles. The molecule has 2 aliphatic heterocycles. The number of aromatic nitrogens is 4. The molecule has 2 aromatic heterocycles. The van der Waals surface area contributed by atoms with Gasteiger partial charge in [0.1, 0.15) is 24.1 Å². The van der Waals surface area contributed by atoms with E-state index in [-0.39, 0.29) is 5.82 Å².